The molecule has 0 unspecified atom stereocenters. The van der Waals surface area contributed by atoms with Crippen molar-refractivity contribution in [3.05, 3.63) is 33.8 Å². The predicted molar refractivity (Wildman–Crippen MR) is 60.0 cm³/mol. The fourth-order valence-electron chi connectivity index (χ4n) is 0.877. The van der Waals surface area contributed by atoms with Gasteiger partial charge in [0.2, 0.25) is 0 Å². The SMILES string of the molecule is COC(=O)CC#Cc1cc(Cl)ccc1Cl. The van der Waals surface area contributed by atoms with E-state index < -0.39 is 0 Å². The standard InChI is InChI=1S/C11H8Cl2O2/c1-15-11(14)4-2-3-8-7-9(12)5-6-10(8)13/h5-7H,4H2,1H3. The van der Waals surface area contributed by atoms with Gasteiger partial charge in [0.1, 0.15) is 6.42 Å². The summed E-state index contributed by atoms with van der Waals surface area (Å²) in [5.41, 5.74) is 0.605. The van der Waals surface area contributed by atoms with Gasteiger partial charge in [0.15, 0.2) is 0 Å². The van der Waals surface area contributed by atoms with E-state index in [2.05, 4.69) is 16.6 Å². The highest BCUT2D eigenvalue weighted by Crippen LogP contribution is 2.19. The molecule has 0 atom stereocenters. The maximum Gasteiger partial charge on any atom is 0.317 e. The molecule has 0 aliphatic rings. The van der Waals surface area contributed by atoms with E-state index >= 15 is 0 Å². The number of hydrogen-bond acceptors (Lipinski definition) is 2. The van der Waals surface area contributed by atoms with Crippen LogP contribution in [0.5, 0.6) is 0 Å². The number of methoxy groups -OCH3 is 1. The largest absolute Gasteiger partial charge is 0.468 e. The topological polar surface area (TPSA) is 26.3 Å². The molecule has 0 spiro atoms. The minimum Gasteiger partial charge on any atom is -0.468 e. The van der Waals surface area contributed by atoms with Crippen molar-refractivity contribution in [1.29, 1.82) is 0 Å². The Morgan fingerprint density at radius 1 is 1.47 bits per heavy atom. The van der Waals surface area contributed by atoms with Gasteiger partial charge in [-0.25, -0.2) is 0 Å². The maximum atomic E-state index is 10.8. The van der Waals surface area contributed by atoms with Gasteiger partial charge < -0.3 is 4.74 Å². The van der Waals surface area contributed by atoms with Crippen molar-refractivity contribution in [3.63, 3.8) is 0 Å². The summed E-state index contributed by atoms with van der Waals surface area (Å²) in [6.07, 6.45) is 0.0410. The fraction of sp³-hybridized carbons (Fsp3) is 0.182. The molecular weight excluding hydrogens is 235 g/mol. The maximum absolute atomic E-state index is 10.8. The predicted octanol–water partition coefficient (Wildman–Crippen LogP) is 2.91. The van der Waals surface area contributed by atoms with E-state index in [1.165, 1.54) is 7.11 Å². The zero-order chi connectivity index (χ0) is 11.3. The summed E-state index contributed by atoms with van der Waals surface area (Å²) in [7, 11) is 1.32. The van der Waals surface area contributed by atoms with Crippen LogP contribution < -0.4 is 0 Å². The third-order valence-corrected chi connectivity index (χ3v) is 2.18. The Hall–Kier alpha value is -1.17. The number of esters is 1. The molecule has 0 N–H and O–H groups in total. The molecule has 0 aliphatic heterocycles. The molecule has 1 aromatic rings. The van der Waals surface area contributed by atoms with Crippen LogP contribution >= 0.6 is 23.2 Å². The third-order valence-electron chi connectivity index (χ3n) is 1.61. The fourth-order valence-corrected chi connectivity index (χ4v) is 1.21. The van der Waals surface area contributed by atoms with Crippen LogP contribution in [0.2, 0.25) is 10.0 Å². The molecule has 0 saturated carbocycles. The van der Waals surface area contributed by atoms with Crippen molar-refractivity contribution < 1.29 is 9.53 Å². The van der Waals surface area contributed by atoms with Crippen molar-refractivity contribution in [2.24, 2.45) is 0 Å². The summed E-state index contributed by atoms with van der Waals surface area (Å²) in [6, 6.07) is 4.98. The number of carbonyl (C=O) groups is 1. The summed E-state index contributed by atoms with van der Waals surface area (Å²) >= 11 is 11.6. The van der Waals surface area contributed by atoms with E-state index in [0.29, 0.717) is 15.6 Å². The zero-order valence-corrected chi connectivity index (χ0v) is 9.52. The summed E-state index contributed by atoms with van der Waals surface area (Å²) in [6.45, 7) is 0. The molecule has 0 radical (unpaired) electrons. The first-order chi connectivity index (χ1) is 7.13. The molecule has 0 amide bonds. The van der Waals surface area contributed by atoms with Gasteiger partial charge in [-0.15, -0.1) is 0 Å². The molecule has 0 aromatic heterocycles. The minimum absolute atomic E-state index is 0.0410. The molecule has 2 nitrogen and oxygen atoms in total. The van der Waals surface area contributed by atoms with Gasteiger partial charge in [-0.05, 0) is 18.2 Å². The highest BCUT2D eigenvalue weighted by molar-refractivity contribution is 6.33. The van der Waals surface area contributed by atoms with Gasteiger partial charge in [0, 0.05) is 10.6 Å². The van der Waals surface area contributed by atoms with Crippen molar-refractivity contribution >= 4 is 29.2 Å². The second-order valence-electron chi connectivity index (χ2n) is 2.68. The Morgan fingerprint density at radius 2 is 2.20 bits per heavy atom. The Kier molecular flexibility index (Phi) is 4.48. The minimum atomic E-state index is -0.374. The Balaban J connectivity index is 2.79. The Morgan fingerprint density at radius 3 is 2.87 bits per heavy atom. The number of ether oxygens (including phenoxy) is 1. The van der Waals surface area contributed by atoms with Crippen molar-refractivity contribution in [2.75, 3.05) is 7.11 Å². The van der Waals surface area contributed by atoms with E-state index in [0.717, 1.165) is 0 Å². The van der Waals surface area contributed by atoms with Gasteiger partial charge in [-0.1, -0.05) is 35.0 Å². The Bertz CT molecular complexity index is 430. The van der Waals surface area contributed by atoms with Gasteiger partial charge in [0.25, 0.3) is 0 Å². The molecule has 0 bridgehead atoms. The van der Waals surface area contributed by atoms with Crippen LogP contribution in [0.3, 0.4) is 0 Å². The second kappa shape index (κ2) is 5.65. The van der Waals surface area contributed by atoms with E-state index in [9.17, 15) is 4.79 Å². The molecule has 0 saturated heterocycles. The number of rotatable bonds is 1. The summed E-state index contributed by atoms with van der Waals surface area (Å²) < 4.78 is 4.44. The zero-order valence-electron chi connectivity index (χ0n) is 8.01. The van der Waals surface area contributed by atoms with Crippen LogP contribution in [0.25, 0.3) is 0 Å². The smallest absolute Gasteiger partial charge is 0.317 e. The highest BCUT2D eigenvalue weighted by Gasteiger charge is 1.98. The normalized spacial score (nSPS) is 9.00. The van der Waals surface area contributed by atoms with Crippen LogP contribution in [-0.2, 0) is 9.53 Å². The van der Waals surface area contributed by atoms with E-state index in [1.807, 2.05) is 0 Å². The van der Waals surface area contributed by atoms with Crippen LogP contribution in [-0.4, -0.2) is 13.1 Å². The highest BCUT2D eigenvalue weighted by atomic mass is 35.5. The summed E-state index contributed by atoms with van der Waals surface area (Å²) in [5, 5.41) is 1.07. The number of benzene rings is 1. The monoisotopic (exact) mass is 242 g/mol. The van der Waals surface area contributed by atoms with Crippen LogP contribution in [0.15, 0.2) is 18.2 Å². The molecule has 0 heterocycles. The lowest BCUT2D eigenvalue weighted by molar-refractivity contribution is -0.139. The van der Waals surface area contributed by atoms with E-state index in [-0.39, 0.29) is 12.4 Å². The number of carbonyl (C=O) groups excluding carboxylic acids is 1. The number of hydrogen-bond donors (Lipinski definition) is 0. The number of halogens is 2. The van der Waals surface area contributed by atoms with E-state index in [1.54, 1.807) is 18.2 Å². The van der Waals surface area contributed by atoms with Crippen molar-refractivity contribution in [1.82, 2.24) is 0 Å². The van der Waals surface area contributed by atoms with Gasteiger partial charge in [-0.3, -0.25) is 4.79 Å². The van der Waals surface area contributed by atoms with Gasteiger partial charge in [-0.2, -0.15) is 0 Å². The lowest BCUT2D eigenvalue weighted by Crippen LogP contribution is -1.97. The molecule has 0 fully saturated rings. The molecule has 4 heteroatoms. The first-order valence-corrected chi connectivity index (χ1v) is 4.90. The van der Waals surface area contributed by atoms with Crippen molar-refractivity contribution in [2.45, 2.75) is 6.42 Å². The molecule has 1 aromatic carbocycles. The van der Waals surface area contributed by atoms with Gasteiger partial charge in [0.05, 0.1) is 12.1 Å². The van der Waals surface area contributed by atoms with Crippen LogP contribution in [0, 0.1) is 11.8 Å². The van der Waals surface area contributed by atoms with Gasteiger partial charge >= 0.3 is 5.97 Å². The second-order valence-corrected chi connectivity index (χ2v) is 3.52. The summed E-state index contributed by atoms with van der Waals surface area (Å²) in [4.78, 5) is 10.8. The van der Waals surface area contributed by atoms with E-state index in [4.69, 9.17) is 23.2 Å². The van der Waals surface area contributed by atoms with Crippen LogP contribution in [0.1, 0.15) is 12.0 Å². The lowest BCUT2D eigenvalue weighted by Gasteiger charge is -1.95. The molecule has 1 rings (SSSR count). The quantitative estimate of drug-likeness (QED) is 0.560. The molecule has 15 heavy (non-hydrogen) atoms. The first-order valence-electron chi connectivity index (χ1n) is 4.14. The third kappa shape index (κ3) is 3.83. The first kappa shape index (κ1) is 11.9. The van der Waals surface area contributed by atoms with Crippen LogP contribution in [0.4, 0.5) is 0 Å². The molecule has 78 valence electrons. The average molecular weight is 243 g/mol. The Labute approximate surface area is 98.1 Å². The molecule has 0 aliphatic carbocycles. The summed E-state index contributed by atoms with van der Waals surface area (Å²) in [5.74, 6) is 5.03. The molecular formula is C11H8Cl2O2. The lowest BCUT2D eigenvalue weighted by atomic mass is 10.2. The average Bonchev–Trinajstić information content (AvgIpc) is 2.23. The van der Waals surface area contributed by atoms with Crippen molar-refractivity contribution in [3.8, 4) is 11.8 Å².